The normalized spacial score (nSPS) is 23.5. The van der Waals surface area contributed by atoms with Gasteiger partial charge in [0.05, 0.1) is 12.0 Å². The number of hydrogen-bond acceptors (Lipinski definition) is 4. The number of para-hydroxylation sites is 1. The summed E-state index contributed by atoms with van der Waals surface area (Å²) in [4.78, 5) is 45.3. The fourth-order valence-electron chi connectivity index (χ4n) is 6.71. The molecule has 1 spiro atoms. The third kappa shape index (κ3) is 3.87. The Labute approximate surface area is 250 Å². The van der Waals surface area contributed by atoms with E-state index in [2.05, 4.69) is 26.6 Å². The first kappa shape index (κ1) is 25.7. The van der Waals surface area contributed by atoms with E-state index in [1.807, 2.05) is 65.7 Å². The van der Waals surface area contributed by atoms with Gasteiger partial charge < -0.3 is 15.5 Å². The average molecular weight is 625 g/mol. The van der Waals surface area contributed by atoms with Gasteiger partial charge in [-0.1, -0.05) is 82.1 Å². The molecule has 202 valence electrons. The Morgan fingerprint density at radius 2 is 1.61 bits per heavy atom. The second kappa shape index (κ2) is 9.72. The number of amides is 2. The van der Waals surface area contributed by atoms with Crippen LogP contribution in [-0.4, -0.2) is 28.5 Å². The fraction of sp³-hybridized carbons (Fsp3) is 0.121. The molecule has 4 aromatic rings. The molecule has 0 bridgehead atoms. The summed E-state index contributed by atoms with van der Waals surface area (Å²) in [5.41, 5.74) is 2.79. The molecule has 4 aromatic carbocycles. The van der Waals surface area contributed by atoms with Gasteiger partial charge in [-0.05, 0) is 65.2 Å². The third-order valence-corrected chi connectivity index (χ3v) is 9.14. The van der Waals surface area contributed by atoms with Crippen molar-refractivity contribution in [3.05, 3.63) is 135 Å². The third-order valence-electron chi connectivity index (χ3n) is 8.36. The Morgan fingerprint density at radius 3 is 2.39 bits per heavy atom. The van der Waals surface area contributed by atoms with Crippen LogP contribution in [0.15, 0.2) is 108 Å². The Bertz CT molecular complexity index is 1750. The summed E-state index contributed by atoms with van der Waals surface area (Å²) in [7, 11) is 0. The molecule has 0 aliphatic carbocycles. The van der Waals surface area contributed by atoms with Gasteiger partial charge in [-0.15, -0.1) is 0 Å². The van der Waals surface area contributed by atoms with Crippen LogP contribution in [0.25, 0.3) is 6.08 Å². The van der Waals surface area contributed by atoms with Crippen molar-refractivity contribution in [2.24, 2.45) is 5.92 Å². The van der Waals surface area contributed by atoms with Crippen molar-refractivity contribution in [1.29, 1.82) is 0 Å². The summed E-state index contributed by atoms with van der Waals surface area (Å²) in [6.45, 7) is 0. The number of nitrogens with zero attached hydrogens (tertiary/aromatic N) is 1. The zero-order valence-corrected chi connectivity index (χ0v) is 23.9. The van der Waals surface area contributed by atoms with Crippen molar-refractivity contribution in [3.63, 3.8) is 0 Å². The monoisotopic (exact) mass is 623 g/mol. The van der Waals surface area contributed by atoms with Crippen LogP contribution in [0.4, 0.5) is 11.4 Å². The smallest absolute Gasteiger partial charge is 0.247 e. The molecular formula is C33H23BrClN3O3. The van der Waals surface area contributed by atoms with Crippen LogP contribution in [0.2, 0.25) is 5.02 Å². The second-order valence-corrected chi connectivity index (χ2v) is 11.8. The molecule has 7 rings (SSSR count). The van der Waals surface area contributed by atoms with Crippen molar-refractivity contribution in [1.82, 2.24) is 4.90 Å². The van der Waals surface area contributed by atoms with Crippen LogP contribution in [0.3, 0.4) is 0 Å². The first-order valence-corrected chi connectivity index (χ1v) is 14.4. The Morgan fingerprint density at radius 1 is 0.902 bits per heavy atom. The minimum absolute atomic E-state index is 0.277. The van der Waals surface area contributed by atoms with Gasteiger partial charge in [-0.2, -0.15) is 0 Å². The molecule has 3 aliphatic heterocycles. The lowest BCUT2D eigenvalue weighted by molar-refractivity contribution is -0.122. The SMILES string of the molecule is O=C(c1ccc(Br)cc1)[C@@H]1[C@H](C(=O)Nc2ccc(Cl)cc2)N2C=Cc3ccccc3[C@@H]2[C@]12C(=O)Nc1ccccc12. The zero-order valence-electron chi connectivity index (χ0n) is 21.6. The Balaban J connectivity index is 1.48. The molecular weight excluding hydrogens is 602 g/mol. The highest BCUT2D eigenvalue weighted by atomic mass is 79.9. The zero-order chi connectivity index (χ0) is 28.3. The van der Waals surface area contributed by atoms with Gasteiger partial charge >= 0.3 is 0 Å². The van der Waals surface area contributed by atoms with E-state index in [1.165, 1.54) is 0 Å². The van der Waals surface area contributed by atoms with Crippen molar-refractivity contribution < 1.29 is 14.4 Å². The quantitative estimate of drug-likeness (QED) is 0.244. The molecule has 3 aliphatic rings. The molecule has 4 atom stereocenters. The fourth-order valence-corrected chi connectivity index (χ4v) is 7.10. The number of anilines is 2. The van der Waals surface area contributed by atoms with Crippen molar-refractivity contribution in [2.75, 3.05) is 10.6 Å². The maximum atomic E-state index is 14.7. The first-order chi connectivity index (χ1) is 19.9. The van der Waals surface area contributed by atoms with E-state index in [0.717, 1.165) is 15.6 Å². The van der Waals surface area contributed by atoms with Crippen molar-refractivity contribution in [2.45, 2.75) is 17.5 Å². The molecule has 1 saturated heterocycles. The molecule has 0 saturated carbocycles. The molecule has 2 amide bonds. The number of halogens is 2. The van der Waals surface area contributed by atoms with E-state index >= 15 is 0 Å². The standard InChI is InChI=1S/C33H23BrClN3O3/c34-21-11-9-20(10-12-21)29(39)27-28(31(40)36-23-15-13-22(35)14-16-23)38-18-17-19-5-1-2-6-24(19)30(38)33(27)25-7-3-4-8-26(25)37-32(33)41/h1-18,27-28,30H,(H,36,40)(H,37,41)/t27-,28+,30+,33+/m0/s1. The average Bonchev–Trinajstić information content (AvgIpc) is 3.47. The van der Waals surface area contributed by atoms with Gasteiger partial charge in [0, 0.05) is 32.6 Å². The van der Waals surface area contributed by atoms with Gasteiger partial charge in [-0.25, -0.2) is 0 Å². The molecule has 6 nitrogen and oxygen atoms in total. The van der Waals surface area contributed by atoms with Crippen LogP contribution < -0.4 is 10.6 Å². The lowest BCUT2D eigenvalue weighted by atomic mass is 9.63. The predicted octanol–water partition coefficient (Wildman–Crippen LogP) is 6.84. The second-order valence-electron chi connectivity index (χ2n) is 10.5. The molecule has 41 heavy (non-hydrogen) atoms. The number of benzene rings is 4. The van der Waals surface area contributed by atoms with E-state index in [9.17, 15) is 14.4 Å². The number of nitrogens with one attached hydrogen (secondary N) is 2. The van der Waals surface area contributed by atoms with E-state index in [4.69, 9.17) is 11.6 Å². The van der Waals surface area contributed by atoms with E-state index in [-0.39, 0.29) is 17.6 Å². The molecule has 0 unspecified atom stereocenters. The summed E-state index contributed by atoms with van der Waals surface area (Å²) in [5.74, 6) is -2.00. The van der Waals surface area contributed by atoms with Crippen LogP contribution in [0.5, 0.6) is 0 Å². The Hall–Kier alpha value is -4.20. The van der Waals surface area contributed by atoms with Crippen LogP contribution in [-0.2, 0) is 15.0 Å². The maximum Gasteiger partial charge on any atom is 0.247 e. The number of Topliss-reactive ketones (excluding diaryl/α,β-unsaturated/α-hetero) is 1. The highest BCUT2D eigenvalue weighted by molar-refractivity contribution is 9.10. The molecule has 2 N–H and O–H groups in total. The van der Waals surface area contributed by atoms with E-state index in [1.54, 1.807) is 48.5 Å². The van der Waals surface area contributed by atoms with Gasteiger partial charge in [0.2, 0.25) is 11.8 Å². The van der Waals surface area contributed by atoms with E-state index < -0.39 is 23.4 Å². The van der Waals surface area contributed by atoms with Gasteiger partial charge in [0.25, 0.3) is 0 Å². The lowest BCUT2D eigenvalue weighted by Gasteiger charge is -2.38. The number of rotatable bonds is 4. The van der Waals surface area contributed by atoms with Gasteiger partial charge in [0.1, 0.15) is 11.5 Å². The largest absolute Gasteiger partial charge is 0.356 e. The molecule has 3 heterocycles. The number of hydrogen-bond donors (Lipinski definition) is 2. The summed E-state index contributed by atoms with van der Waals surface area (Å²) in [6.07, 6.45) is 3.79. The molecule has 1 fully saturated rings. The van der Waals surface area contributed by atoms with Gasteiger partial charge in [0.15, 0.2) is 5.78 Å². The summed E-state index contributed by atoms with van der Waals surface area (Å²) in [6, 6.07) is 27.6. The molecule has 8 heteroatoms. The van der Waals surface area contributed by atoms with Crippen LogP contribution in [0.1, 0.15) is 33.1 Å². The topological polar surface area (TPSA) is 78.5 Å². The van der Waals surface area contributed by atoms with Gasteiger partial charge in [-0.3, -0.25) is 14.4 Å². The van der Waals surface area contributed by atoms with Crippen molar-refractivity contribution >= 4 is 62.6 Å². The van der Waals surface area contributed by atoms with Crippen LogP contribution in [0, 0.1) is 5.92 Å². The number of fused-ring (bicyclic) bond motifs is 6. The summed E-state index contributed by atoms with van der Waals surface area (Å²) in [5, 5.41) is 6.60. The Kier molecular flexibility index (Phi) is 6.10. The highest BCUT2D eigenvalue weighted by Crippen LogP contribution is 2.62. The summed E-state index contributed by atoms with van der Waals surface area (Å²) < 4.78 is 0.824. The van der Waals surface area contributed by atoms with Crippen molar-refractivity contribution in [3.8, 4) is 0 Å². The predicted molar refractivity (Wildman–Crippen MR) is 163 cm³/mol. The molecule has 0 aromatic heterocycles. The molecule has 0 radical (unpaired) electrons. The minimum atomic E-state index is -1.37. The van der Waals surface area contributed by atoms with Crippen LogP contribution >= 0.6 is 27.5 Å². The minimum Gasteiger partial charge on any atom is -0.356 e. The highest BCUT2D eigenvalue weighted by Gasteiger charge is 2.70. The summed E-state index contributed by atoms with van der Waals surface area (Å²) >= 11 is 9.53. The first-order valence-electron chi connectivity index (χ1n) is 13.2. The maximum absolute atomic E-state index is 14.7. The lowest BCUT2D eigenvalue weighted by Crippen LogP contribution is -2.50. The number of ketones is 1. The number of carbonyl (C=O) groups is 3. The number of carbonyl (C=O) groups excluding carboxylic acids is 3. The van der Waals surface area contributed by atoms with E-state index in [0.29, 0.717) is 27.5 Å².